The lowest BCUT2D eigenvalue weighted by Gasteiger charge is -2.50. The summed E-state index contributed by atoms with van der Waals surface area (Å²) in [6.45, 7) is 4.33. The lowest BCUT2D eigenvalue weighted by Crippen LogP contribution is -2.70. The first-order chi connectivity index (χ1) is 19.5. The maximum absolute atomic E-state index is 13.6. The molecule has 4 aliphatic heterocycles. The van der Waals surface area contributed by atoms with Crippen LogP contribution in [-0.2, 0) is 25.6 Å². The number of urea groups is 2. The van der Waals surface area contributed by atoms with Crippen LogP contribution < -0.4 is 15.1 Å². The van der Waals surface area contributed by atoms with E-state index in [2.05, 4.69) is 10.2 Å². The zero-order valence-corrected chi connectivity index (χ0v) is 23.2. The molecule has 41 heavy (non-hydrogen) atoms. The fourth-order valence-corrected chi connectivity index (χ4v) is 6.73. The van der Waals surface area contributed by atoms with Gasteiger partial charge in [-0.3, -0.25) is 34.3 Å². The molecule has 1 unspecified atom stereocenters. The molecule has 3 saturated heterocycles. The molecular weight excluding hydrogens is 526 g/mol. The molecule has 1 spiro atoms. The molecule has 0 saturated carbocycles. The van der Waals surface area contributed by atoms with Gasteiger partial charge >= 0.3 is 12.1 Å². The van der Waals surface area contributed by atoms with Gasteiger partial charge in [-0.2, -0.15) is 0 Å². The number of aryl methyl sites for hydroxylation is 2. The number of amides is 8. The third kappa shape index (κ3) is 3.71. The van der Waals surface area contributed by atoms with Crippen LogP contribution in [-0.4, -0.2) is 72.2 Å². The quantitative estimate of drug-likeness (QED) is 0.343. The van der Waals surface area contributed by atoms with Crippen LogP contribution in [0.1, 0.15) is 35.1 Å². The summed E-state index contributed by atoms with van der Waals surface area (Å²) in [5.74, 6) is -2.61. The van der Waals surface area contributed by atoms with E-state index in [9.17, 15) is 28.8 Å². The van der Waals surface area contributed by atoms with E-state index in [-0.39, 0.29) is 18.0 Å². The summed E-state index contributed by atoms with van der Waals surface area (Å²) in [7, 11) is 2.78. The Bertz CT molecular complexity index is 1600. The van der Waals surface area contributed by atoms with Crippen LogP contribution >= 0.6 is 0 Å². The molecule has 1 N–H and O–H groups in total. The van der Waals surface area contributed by atoms with E-state index in [4.69, 9.17) is 0 Å². The smallest absolute Gasteiger partial charge is 0.335 e. The summed E-state index contributed by atoms with van der Waals surface area (Å²) in [6.07, 6.45) is 2.91. The maximum atomic E-state index is 13.6. The van der Waals surface area contributed by atoms with Crippen LogP contribution in [0.4, 0.5) is 21.0 Å². The van der Waals surface area contributed by atoms with E-state index in [1.54, 1.807) is 31.2 Å². The van der Waals surface area contributed by atoms with Gasteiger partial charge in [-0.05, 0) is 74.1 Å². The Hall–Kier alpha value is -4.80. The van der Waals surface area contributed by atoms with Crippen molar-refractivity contribution in [1.29, 1.82) is 0 Å². The van der Waals surface area contributed by atoms with Gasteiger partial charge in [0.25, 0.3) is 11.8 Å². The molecule has 2 aromatic carbocycles. The van der Waals surface area contributed by atoms with Crippen molar-refractivity contribution < 1.29 is 28.8 Å². The van der Waals surface area contributed by atoms with Gasteiger partial charge in [0.05, 0.1) is 11.7 Å². The second-order valence-corrected chi connectivity index (χ2v) is 11.1. The van der Waals surface area contributed by atoms with E-state index >= 15 is 0 Å². The Morgan fingerprint density at radius 3 is 2.27 bits per heavy atom. The maximum Gasteiger partial charge on any atom is 0.335 e. The number of nitrogens with zero attached hydrogens (tertiary/aromatic N) is 4. The van der Waals surface area contributed by atoms with Crippen molar-refractivity contribution >= 4 is 53.1 Å². The Morgan fingerprint density at radius 1 is 0.902 bits per heavy atom. The SMILES string of the molecule is Cc1ccc(N2C(=O)NC(=O)/C(=C\c3ccc4c(c3)CC3(C(=O)N(C)C(=O)N(C)C3=O)C3CCCN43)C2=O)c(C)c1. The zero-order chi connectivity index (χ0) is 29.4. The first kappa shape index (κ1) is 26.4. The van der Waals surface area contributed by atoms with E-state index in [0.29, 0.717) is 35.3 Å². The van der Waals surface area contributed by atoms with Crippen LogP contribution in [0.3, 0.4) is 0 Å². The van der Waals surface area contributed by atoms with Gasteiger partial charge in [0, 0.05) is 26.3 Å². The molecule has 0 aromatic heterocycles. The average Bonchev–Trinajstić information content (AvgIpc) is 3.44. The number of carbonyl (C=O) groups is 6. The molecule has 2 aromatic rings. The Balaban J connectivity index is 1.41. The zero-order valence-electron chi connectivity index (χ0n) is 23.2. The molecule has 6 rings (SSSR count). The lowest BCUT2D eigenvalue weighted by atomic mass is 9.68. The highest BCUT2D eigenvalue weighted by Crippen LogP contribution is 2.49. The fraction of sp³-hybridized carbons (Fsp3) is 0.333. The largest absolute Gasteiger partial charge is 0.367 e. The highest BCUT2D eigenvalue weighted by atomic mass is 16.2. The van der Waals surface area contributed by atoms with E-state index < -0.39 is 41.1 Å². The molecule has 1 atom stereocenters. The average molecular weight is 556 g/mol. The highest BCUT2D eigenvalue weighted by molar-refractivity contribution is 6.39. The van der Waals surface area contributed by atoms with Crippen molar-refractivity contribution in [2.75, 3.05) is 30.4 Å². The van der Waals surface area contributed by atoms with Crippen LogP contribution in [0, 0.1) is 19.3 Å². The first-order valence-corrected chi connectivity index (χ1v) is 13.4. The monoisotopic (exact) mass is 555 g/mol. The number of imide groups is 4. The van der Waals surface area contributed by atoms with Crippen molar-refractivity contribution in [2.24, 2.45) is 5.41 Å². The number of anilines is 2. The summed E-state index contributed by atoms with van der Waals surface area (Å²) in [4.78, 5) is 83.9. The molecule has 0 bridgehead atoms. The van der Waals surface area contributed by atoms with Crippen LogP contribution in [0.15, 0.2) is 42.0 Å². The normalized spacial score (nSPS) is 23.0. The van der Waals surface area contributed by atoms with Crippen LogP contribution in [0.5, 0.6) is 0 Å². The number of rotatable bonds is 2. The van der Waals surface area contributed by atoms with Gasteiger partial charge in [-0.1, -0.05) is 23.8 Å². The number of hydrogen-bond acceptors (Lipinski definition) is 7. The summed E-state index contributed by atoms with van der Waals surface area (Å²) in [5.41, 5.74) is 2.43. The van der Waals surface area contributed by atoms with E-state index in [1.165, 1.54) is 20.2 Å². The van der Waals surface area contributed by atoms with Crippen molar-refractivity contribution in [3.63, 3.8) is 0 Å². The second-order valence-electron chi connectivity index (χ2n) is 11.1. The molecule has 11 nitrogen and oxygen atoms in total. The molecule has 4 aliphatic rings. The van der Waals surface area contributed by atoms with Crippen LogP contribution in [0.2, 0.25) is 0 Å². The van der Waals surface area contributed by atoms with Crippen molar-refractivity contribution in [2.45, 2.75) is 39.2 Å². The highest BCUT2D eigenvalue weighted by Gasteiger charge is 2.63. The second kappa shape index (κ2) is 9.12. The predicted octanol–water partition coefficient (Wildman–Crippen LogP) is 2.53. The van der Waals surface area contributed by atoms with Crippen molar-refractivity contribution in [1.82, 2.24) is 15.1 Å². The number of fused-ring (bicyclic) bond motifs is 4. The van der Waals surface area contributed by atoms with Crippen molar-refractivity contribution in [3.05, 3.63) is 64.2 Å². The number of carbonyl (C=O) groups excluding carboxylic acids is 6. The lowest BCUT2D eigenvalue weighted by molar-refractivity contribution is -0.159. The molecule has 4 heterocycles. The first-order valence-electron chi connectivity index (χ1n) is 13.4. The minimum atomic E-state index is -1.46. The number of nitrogens with one attached hydrogen (secondary N) is 1. The topological polar surface area (TPSA) is 127 Å². The van der Waals surface area contributed by atoms with Crippen LogP contribution in [0.25, 0.3) is 6.08 Å². The minimum Gasteiger partial charge on any atom is -0.367 e. The Kier molecular flexibility index (Phi) is 5.88. The molecule has 11 heteroatoms. The van der Waals surface area contributed by atoms with Gasteiger partial charge in [0.15, 0.2) is 5.41 Å². The van der Waals surface area contributed by atoms with Gasteiger partial charge in [0.2, 0.25) is 11.8 Å². The minimum absolute atomic E-state index is 0.0768. The summed E-state index contributed by atoms with van der Waals surface area (Å²) >= 11 is 0. The van der Waals surface area contributed by atoms with Gasteiger partial charge in [0.1, 0.15) is 5.57 Å². The van der Waals surface area contributed by atoms with Crippen molar-refractivity contribution in [3.8, 4) is 0 Å². The summed E-state index contributed by atoms with van der Waals surface area (Å²) in [5, 5.41) is 2.25. The van der Waals surface area contributed by atoms with Gasteiger partial charge in [-0.15, -0.1) is 0 Å². The summed E-state index contributed by atoms with van der Waals surface area (Å²) < 4.78 is 0. The third-order valence-corrected chi connectivity index (χ3v) is 8.66. The Labute approximate surface area is 236 Å². The number of benzene rings is 2. The predicted molar refractivity (Wildman–Crippen MR) is 149 cm³/mol. The molecule has 210 valence electrons. The third-order valence-electron chi connectivity index (χ3n) is 8.66. The van der Waals surface area contributed by atoms with Gasteiger partial charge < -0.3 is 4.90 Å². The van der Waals surface area contributed by atoms with E-state index in [1.807, 2.05) is 19.1 Å². The molecule has 0 aliphatic carbocycles. The molecule has 0 radical (unpaired) electrons. The Morgan fingerprint density at radius 2 is 1.59 bits per heavy atom. The molecule has 3 fully saturated rings. The number of barbiturate groups is 2. The fourth-order valence-electron chi connectivity index (χ4n) is 6.73. The molecular formula is C30H29N5O6. The molecule has 8 amide bonds. The standard InChI is InChI=1S/C30H29N5O6/c1-16-7-9-21(17(2)12-16)35-25(37)20(24(36)31-28(35)40)14-18-8-10-22-19(13-18)15-30(23-6-5-11-34(22)23)26(38)32(3)29(41)33(4)27(30)39/h7-10,12-14,23H,5-6,11,15H2,1-4H3,(H,31,36,40)/b20-14+. The summed E-state index contributed by atoms with van der Waals surface area (Å²) in [6, 6.07) is 8.80. The number of hydrogen-bond donors (Lipinski definition) is 1. The van der Waals surface area contributed by atoms with E-state index in [0.717, 1.165) is 32.4 Å². The van der Waals surface area contributed by atoms with Gasteiger partial charge in [-0.25, -0.2) is 14.5 Å².